The lowest BCUT2D eigenvalue weighted by atomic mass is 9.99. The van der Waals surface area contributed by atoms with Crippen LogP contribution < -0.4 is 0 Å². The minimum Gasteiger partial charge on any atom is -0.457 e. The molecule has 0 N–H and O–H groups in total. The van der Waals surface area contributed by atoms with Gasteiger partial charge in [0.05, 0.1) is 13.2 Å². The average Bonchev–Trinajstić information content (AvgIpc) is 2.38. The fourth-order valence-corrected chi connectivity index (χ4v) is 2.14. The second kappa shape index (κ2) is 8.47. The SMILES string of the molecule is CCOCC1OCC(OC)C(OCC)C1OC(C)=O. The number of rotatable bonds is 7. The van der Waals surface area contributed by atoms with Crippen LogP contribution in [0.15, 0.2) is 0 Å². The van der Waals surface area contributed by atoms with E-state index >= 15 is 0 Å². The lowest BCUT2D eigenvalue weighted by Gasteiger charge is -2.40. The van der Waals surface area contributed by atoms with Gasteiger partial charge in [-0.15, -0.1) is 0 Å². The van der Waals surface area contributed by atoms with Crippen molar-refractivity contribution in [2.24, 2.45) is 0 Å². The standard InChI is InChI=1S/C13H24O6/c1-5-16-7-11-13(19-9(3)14)12(17-6-2)10(15-4)8-18-11/h10-13H,5-8H2,1-4H3. The molecule has 0 spiro atoms. The molecule has 0 saturated carbocycles. The third-order valence-electron chi connectivity index (χ3n) is 2.98. The number of hydrogen-bond donors (Lipinski definition) is 0. The van der Waals surface area contributed by atoms with Gasteiger partial charge in [-0.05, 0) is 13.8 Å². The Hall–Kier alpha value is -0.690. The Morgan fingerprint density at radius 2 is 2.00 bits per heavy atom. The van der Waals surface area contributed by atoms with Crippen LogP contribution in [0.2, 0.25) is 0 Å². The number of carbonyl (C=O) groups excluding carboxylic acids is 1. The summed E-state index contributed by atoms with van der Waals surface area (Å²) >= 11 is 0. The highest BCUT2D eigenvalue weighted by Gasteiger charge is 2.43. The molecule has 112 valence electrons. The first-order valence-electron chi connectivity index (χ1n) is 6.64. The third-order valence-corrected chi connectivity index (χ3v) is 2.98. The maximum Gasteiger partial charge on any atom is 0.303 e. The van der Waals surface area contributed by atoms with Gasteiger partial charge in [-0.1, -0.05) is 0 Å². The predicted octanol–water partition coefficient (Wildman–Crippen LogP) is 0.773. The molecule has 0 aromatic heterocycles. The lowest BCUT2D eigenvalue weighted by Crippen LogP contribution is -2.57. The van der Waals surface area contributed by atoms with Gasteiger partial charge in [-0.3, -0.25) is 4.79 Å². The first-order valence-corrected chi connectivity index (χ1v) is 6.64. The van der Waals surface area contributed by atoms with Crippen molar-refractivity contribution in [3.8, 4) is 0 Å². The number of esters is 1. The number of methoxy groups -OCH3 is 1. The Morgan fingerprint density at radius 1 is 1.26 bits per heavy atom. The van der Waals surface area contributed by atoms with Gasteiger partial charge in [0, 0.05) is 27.2 Å². The number of ether oxygens (including phenoxy) is 5. The van der Waals surface area contributed by atoms with E-state index in [9.17, 15) is 4.79 Å². The molecule has 0 radical (unpaired) electrons. The molecular weight excluding hydrogens is 252 g/mol. The number of carbonyl (C=O) groups is 1. The fourth-order valence-electron chi connectivity index (χ4n) is 2.14. The average molecular weight is 276 g/mol. The molecule has 1 fully saturated rings. The Balaban J connectivity index is 2.78. The molecule has 0 amide bonds. The molecule has 6 heteroatoms. The van der Waals surface area contributed by atoms with Gasteiger partial charge in [0.2, 0.25) is 0 Å². The minimum absolute atomic E-state index is 0.248. The quantitative estimate of drug-likeness (QED) is 0.640. The van der Waals surface area contributed by atoms with E-state index in [1.165, 1.54) is 6.92 Å². The molecule has 0 aliphatic carbocycles. The summed E-state index contributed by atoms with van der Waals surface area (Å²) in [6.45, 7) is 7.04. The van der Waals surface area contributed by atoms with Crippen LogP contribution in [0.4, 0.5) is 0 Å². The van der Waals surface area contributed by atoms with Crippen molar-refractivity contribution in [3.05, 3.63) is 0 Å². The van der Waals surface area contributed by atoms with Crippen LogP contribution in [0.1, 0.15) is 20.8 Å². The van der Waals surface area contributed by atoms with Gasteiger partial charge >= 0.3 is 5.97 Å². The summed E-state index contributed by atoms with van der Waals surface area (Å²) in [6, 6.07) is 0. The molecule has 19 heavy (non-hydrogen) atoms. The molecule has 1 rings (SSSR count). The molecule has 1 aliphatic rings. The van der Waals surface area contributed by atoms with E-state index in [4.69, 9.17) is 23.7 Å². The molecule has 4 atom stereocenters. The van der Waals surface area contributed by atoms with Crippen LogP contribution >= 0.6 is 0 Å². The first kappa shape index (κ1) is 16.4. The molecule has 0 aromatic rings. The zero-order valence-corrected chi connectivity index (χ0v) is 12.1. The second-order valence-corrected chi connectivity index (χ2v) is 4.30. The Morgan fingerprint density at radius 3 is 2.53 bits per heavy atom. The maximum atomic E-state index is 11.3. The molecule has 6 nitrogen and oxygen atoms in total. The summed E-state index contributed by atoms with van der Waals surface area (Å²) in [5.41, 5.74) is 0. The van der Waals surface area contributed by atoms with Crippen LogP contribution in [-0.4, -0.2) is 63.9 Å². The highest BCUT2D eigenvalue weighted by molar-refractivity contribution is 5.66. The van der Waals surface area contributed by atoms with Crippen molar-refractivity contribution in [1.29, 1.82) is 0 Å². The zero-order chi connectivity index (χ0) is 14.3. The molecule has 0 bridgehead atoms. The van der Waals surface area contributed by atoms with Crippen molar-refractivity contribution in [2.75, 3.05) is 33.5 Å². The van der Waals surface area contributed by atoms with Gasteiger partial charge in [0.25, 0.3) is 0 Å². The van der Waals surface area contributed by atoms with E-state index in [0.717, 1.165) is 0 Å². The van der Waals surface area contributed by atoms with Crippen LogP contribution in [0.5, 0.6) is 0 Å². The second-order valence-electron chi connectivity index (χ2n) is 4.30. The first-order chi connectivity index (χ1) is 9.13. The molecule has 1 aliphatic heterocycles. The molecule has 4 unspecified atom stereocenters. The minimum atomic E-state index is -0.511. The Bertz CT molecular complexity index is 270. The summed E-state index contributed by atoms with van der Waals surface area (Å²) in [5, 5.41) is 0. The van der Waals surface area contributed by atoms with Crippen LogP contribution in [0.3, 0.4) is 0 Å². The molecule has 1 saturated heterocycles. The van der Waals surface area contributed by atoms with Crippen LogP contribution in [0.25, 0.3) is 0 Å². The van der Waals surface area contributed by atoms with Gasteiger partial charge in [-0.25, -0.2) is 0 Å². The van der Waals surface area contributed by atoms with Gasteiger partial charge < -0.3 is 23.7 Å². The third kappa shape index (κ3) is 4.72. The fraction of sp³-hybridized carbons (Fsp3) is 0.923. The summed E-state index contributed by atoms with van der Waals surface area (Å²) in [5.74, 6) is -0.364. The summed E-state index contributed by atoms with van der Waals surface area (Å²) < 4.78 is 27.4. The van der Waals surface area contributed by atoms with Crippen LogP contribution in [-0.2, 0) is 28.5 Å². The summed E-state index contributed by atoms with van der Waals surface area (Å²) in [4.78, 5) is 11.3. The highest BCUT2D eigenvalue weighted by atomic mass is 16.6. The van der Waals surface area contributed by atoms with Gasteiger partial charge in [0.1, 0.15) is 18.3 Å². The highest BCUT2D eigenvalue weighted by Crippen LogP contribution is 2.23. The molecular formula is C13H24O6. The molecule has 1 heterocycles. The van der Waals surface area contributed by atoms with Crippen LogP contribution in [0, 0.1) is 0 Å². The topological polar surface area (TPSA) is 63.2 Å². The van der Waals surface area contributed by atoms with Crippen molar-refractivity contribution in [1.82, 2.24) is 0 Å². The van der Waals surface area contributed by atoms with Crippen molar-refractivity contribution in [3.63, 3.8) is 0 Å². The van der Waals surface area contributed by atoms with Crippen molar-refractivity contribution >= 4 is 5.97 Å². The van der Waals surface area contributed by atoms with Gasteiger partial charge in [-0.2, -0.15) is 0 Å². The predicted molar refractivity (Wildman–Crippen MR) is 68.0 cm³/mol. The maximum absolute atomic E-state index is 11.3. The molecule has 0 aromatic carbocycles. The number of hydrogen-bond acceptors (Lipinski definition) is 6. The van der Waals surface area contributed by atoms with E-state index in [1.54, 1.807) is 7.11 Å². The van der Waals surface area contributed by atoms with E-state index in [0.29, 0.717) is 26.4 Å². The Labute approximate surface area is 114 Å². The van der Waals surface area contributed by atoms with Crippen molar-refractivity contribution in [2.45, 2.75) is 45.2 Å². The van der Waals surface area contributed by atoms with E-state index < -0.39 is 6.10 Å². The monoisotopic (exact) mass is 276 g/mol. The van der Waals surface area contributed by atoms with E-state index in [1.807, 2.05) is 13.8 Å². The summed E-state index contributed by atoms with van der Waals surface area (Å²) in [7, 11) is 1.59. The van der Waals surface area contributed by atoms with E-state index in [2.05, 4.69) is 0 Å². The van der Waals surface area contributed by atoms with E-state index in [-0.39, 0.29) is 24.3 Å². The van der Waals surface area contributed by atoms with Crippen molar-refractivity contribution < 1.29 is 28.5 Å². The zero-order valence-electron chi connectivity index (χ0n) is 12.1. The Kier molecular flexibility index (Phi) is 7.30. The normalized spacial score (nSPS) is 31.2. The largest absolute Gasteiger partial charge is 0.457 e. The smallest absolute Gasteiger partial charge is 0.303 e. The lowest BCUT2D eigenvalue weighted by molar-refractivity contribution is -0.230. The summed E-state index contributed by atoms with van der Waals surface area (Å²) in [6.07, 6.45) is -1.42. The van der Waals surface area contributed by atoms with Gasteiger partial charge in [0.15, 0.2) is 6.10 Å².